The fourth-order valence-corrected chi connectivity index (χ4v) is 5.35. The number of aromatic nitrogens is 2. The van der Waals surface area contributed by atoms with Crippen molar-refractivity contribution in [1.29, 1.82) is 0 Å². The molecule has 4 atom stereocenters. The zero-order valence-corrected chi connectivity index (χ0v) is 22.2. The summed E-state index contributed by atoms with van der Waals surface area (Å²) in [5.41, 5.74) is 0.747. The van der Waals surface area contributed by atoms with Crippen LogP contribution in [-0.4, -0.2) is 51.5 Å². The average Bonchev–Trinajstić information content (AvgIpc) is 3.24. The molecule has 0 bridgehead atoms. The number of carbonyl (C=O) groups excluding carboxylic acids is 3. The number of rotatable bonds is 9. The van der Waals surface area contributed by atoms with Crippen molar-refractivity contribution >= 4 is 47.6 Å². The number of ether oxygens (including phenoxy) is 2. The Morgan fingerprint density at radius 2 is 1.57 bits per heavy atom. The van der Waals surface area contributed by atoms with Crippen molar-refractivity contribution < 1.29 is 28.2 Å². The summed E-state index contributed by atoms with van der Waals surface area (Å²) < 4.78 is 27.6. The first kappa shape index (κ1) is 28.5. The highest BCUT2D eigenvalue weighted by Crippen LogP contribution is 2.44. The summed E-state index contributed by atoms with van der Waals surface area (Å²) in [7, 11) is 0. The van der Waals surface area contributed by atoms with Gasteiger partial charge >= 0.3 is 17.6 Å². The van der Waals surface area contributed by atoms with Crippen molar-refractivity contribution in [2.45, 2.75) is 29.8 Å². The molecule has 40 heavy (non-hydrogen) atoms. The van der Waals surface area contributed by atoms with Gasteiger partial charge in [0.25, 0.3) is 0 Å². The molecule has 4 rings (SSSR count). The molecule has 0 unspecified atom stereocenters. The standard InChI is InChI=1S/C29H26FN3O6S/c1-19(34)31-23-16-17-33(29(37)32-23)28-26(30)27(39-25(36)15-13-21-10-6-3-7-11-21)22(40-28)18-38-24(35)14-12-20-8-4-2-5-9-20/h2-17,22,26-28H,18H2,1H3,(H,31,32,34,37)/b14-12+,15-13+/t22-,26+,27-,28-/m1/s1. The molecule has 2 aromatic carbocycles. The third-order valence-electron chi connectivity index (χ3n) is 5.74. The Bertz CT molecular complexity index is 1460. The molecule has 0 radical (unpaired) electrons. The summed E-state index contributed by atoms with van der Waals surface area (Å²) in [5.74, 6) is -1.83. The van der Waals surface area contributed by atoms with Crippen LogP contribution in [0.15, 0.2) is 89.9 Å². The highest BCUT2D eigenvalue weighted by atomic mass is 32.2. The molecule has 0 spiro atoms. The lowest BCUT2D eigenvalue weighted by molar-refractivity contribution is -0.147. The van der Waals surface area contributed by atoms with E-state index in [1.807, 2.05) is 36.4 Å². The Balaban J connectivity index is 1.50. The first-order valence-electron chi connectivity index (χ1n) is 12.3. The molecule has 11 heteroatoms. The minimum Gasteiger partial charge on any atom is -0.461 e. The Morgan fingerprint density at radius 3 is 2.15 bits per heavy atom. The number of esters is 2. The van der Waals surface area contributed by atoms with Crippen LogP contribution in [0.2, 0.25) is 0 Å². The van der Waals surface area contributed by atoms with Gasteiger partial charge in [0.2, 0.25) is 5.91 Å². The number of hydrogen-bond acceptors (Lipinski definition) is 8. The molecule has 2 heterocycles. The van der Waals surface area contributed by atoms with Crippen LogP contribution in [0.5, 0.6) is 0 Å². The lowest BCUT2D eigenvalue weighted by Gasteiger charge is -2.20. The SMILES string of the molecule is CC(=O)Nc1ccn([C@@H]2S[C@H](COC(=O)/C=C/c3ccccc3)[C@@H](OC(=O)/C=C/c3ccccc3)[C@@H]2F)c(=O)n1. The molecule has 1 saturated heterocycles. The van der Waals surface area contributed by atoms with Gasteiger partial charge in [-0.3, -0.25) is 9.36 Å². The first-order chi connectivity index (χ1) is 19.3. The highest BCUT2D eigenvalue weighted by molar-refractivity contribution is 8.00. The summed E-state index contributed by atoms with van der Waals surface area (Å²) in [6, 6.07) is 19.5. The van der Waals surface area contributed by atoms with Crippen molar-refractivity contribution in [2.24, 2.45) is 0 Å². The predicted octanol–water partition coefficient (Wildman–Crippen LogP) is 4.04. The van der Waals surface area contributed by atoms with E-state index in [1.165, 1.54) is 37.4 Å². The van der Waals surface area contributed by atoms with Crippen LogP contribution in [0.1, 0.15) is 23.4 Å². The first-order valence-corrected chi connectivity index (χ1v) is 13.2. The number of nitrogens with one attached hydrogen (secondary N) is 1. The van der Waals surface area contributed by atoms with Crippen molar-refractivity contribution in [3.63, 3.8) is 0 Å². The number of alkyl halides is 1. The summed E-state index contributed by atoms with van der Waals surface area (Å²) >= 11 is 0.985. The molecular weight excluding hydrogens is 537 g/mol. The maximum absolute atomic E-state index is 15.8. The van der Waals surface area contributed by atoms with Crippen molar-refractivity contribution in [1.82, 2.24) is 9.55 Å². The van der Waals surface area contributed by atoms with E-state index in [4.69, 9.17) is 9.47 Å². The predicted molar refractivity (Wildman–Crippen MR) is 150 cm³/mol. The number of amides is 1. The lowest BCUT2D eigenvalue weighted by Crippen LogP contribution is -2.37. The van der Waals surface area contributed by atoms with E-state index in [2.05, 4.69) is 10.3 Å². The molecular formula is C29H26FN3O6S. The highest BCUT2D eigenvalue weighted by Gasteiger charge is 2.49. The fraction of sp³-hybridized carbons (Fsp3) is 0.207. The quantitative estimate of drug-likeness (QED) is 0.306. The molecule has 206 valence electrons. The zero-order valence-electron chi connectivity index (χ0n) is 21.4. The maximum Gasteiger partial charge on any atom is 0.350 e. The van der Waals surface area contributed by atoms with Gasteiger partial charge in [0.15, 0.2) is 12.3 Å². The third kappa shape index (κ3) is 7.76. The largest absolute Gasteiger partial charge is 0.461 e. The Hall–Kier alpha value is -4.51. The topological polar surface area (TPSA) is 117 Å². The van der Waals surface area contributed by atoms with Gasteiger partial charge in [0, 0.05) is 25.3 Å². The number of carbonyl (C=O) groups is 3. The monoisotopic (exact) mass is 563 g/mol. The van der Waals surface area contributed by atoms with E-state index in [0.717, 1.165) is 27.5 Å². The van der Waals surface area contributed by atoms with E-state index < -0.39 is 46.4 Å². The van der Waals surface area contributed by atoms with E-state index in [0.29, 0.717) is 0 Å². The second kappa shape index (κ2) is 13.5. The van der Waals surface area contributed by atoms with Crippen LogP contribution >= 0.6 is 11.8 Å². The molecule has 3 aromatic rings. The van der Waals surface area contributed by atoms with Crippen LogP contribution in [-0.2, 0) is 23.9 Å². The molecule has 1 fully saturated rings. The Morgan fingerprint density at radius 1 is 0.975 bits per heavy atom. The van der Waals surface area contributed by atoms with E-state index in [1.54, 1.807) is 30.3 Å². The van der Waals surface area contributed by atoms with Crippen molar-refractivity contribution in [2.75, 3.05) is 11.9 Å². The number of hydrogen-bond donors (Lipinski definition) is 1. The molecule has 1 N–H and O–H groups in total. The van der Waals surface area contributed by atoms with Crippen molar-refractivity contribution in [3.8, 4) is 0 Å². The minimum atomic E-state index is -1.83. The summed E-state index contributed by atoms with van der Waals surface area (Å²) in [6.45, 7) is 0.996. The van der Waals surface area contributed by atoms with Crippen LogP contribution in [0.3, 0.4) is 0 Å². The third-order valence-corrected chi connectivity index (χ3v) is 7.26. The van der Waals surface area contributed by atoms with Gasteiger partial charge in [-0.05, 0) is 29.3 Å². The van der Waals surface area contributed by atoms with Crippen LogP contribution in [0.4, 0.5) is 10.2 Å². The van der Waals surface area contributed by atoms with E-state index in [9.17, 15) is 19.2 Å². The number of thioether (sulfide) groups is 1. The smallest absolute Gasteiger partial charge is 0.350 e. The Kier molecular flexibility index (Phi) is 9.63. The average molecular weight is 564 g/mol. The molecule has 1 aliphatic rings. The van der Waals surface area contributed by atoms with Gasteiger partial charge in [-0.15, -0.1) is 11.8 Å². The van der Waals surface area contributed by atoms with E-state index in [-0.39, 0.29) is 12.4 Å². The van der Waals surface area contributed by atoms with Gasteiger partial charge in [-0.1, -0.05) is 60.7 Å². The second-order valence-electron chi connectivity index (χ2n) is 8.71. The van der Waals surface area contributed by atoms with Crippen molar-refractivity contribution in [3.05, 3.63) is 107 Å². The lowest BCUT2D eigenvalue weighted by atomic mass is 10.1. The summed E-state index contributed by atoms with van der Waals surface area (Å²) in [6.07, 6.45) is 3.70. The molecule has 0 aliphatic carbocycles. The number of halogens is 1. The molecule has 1 amide bonds. The second-order valence-corrected chi connectivity index (χ2v) is 10.1. The molecule has 1 aromatic heterocycles. The van der Waals surface area contributed by atoms with Gasteiger partial charge in [0.1, 0.15) is 17.8 Å². The number of benzene rings is 2. The Labute approximate surface area is 233 Å². The van der Waals surface area contributed by atoms with E-state index >= 15 is 4.39 Å². The number of nitrogens with zero attached hydrogens (tertiary/aromatic N) is 2. The maximum atomic E-state index is 15.8. The minimum absolute atomic E-state index is 0.0249. The van der Waals surface area contributed by atoms with Gasteiger partial charge in [0.05, 0.1) is 5.25 Å². The van der Waals surface area contributed by atoms with Gasteiger partial charge in [-0.25, -0.2) is 18.8 Å². The molecule has 0 saturated carbocycles. The van der Waals surface area contributed by atoms with Crippen LogP contribution < -0.4 is 11.0 Å². The normalized spacial score (nSPS) is 20.4. The molecule has 9 nitrogen and oxygen atoms in total. The summed E-state index contributed by atoms with van der Waals surface area (Å²) in [5, 5.41) is 0.463. The molecule has 1 aliphatic heterocycles. The zero-order chi connectivity index (χ0) is 28.5. The van der Waals surface area contributed by atoms with Crippen LogP contribution in [0.25, 0.3) is 12.2 Å². The number of anilines is 1. The summed E-state index contributed by atoms with van der Waals surface area (Å²) in [4.78, 5) is 52.6. The van der Waals surface area contributed by atoms with Gasteiger partial charge in [-0.2, -0.15) is 4.98 Å². The van der Waals surface area contributed by atoms with Gasteiger partial charge < -0.3 is 14.8 Å². The van der Waals surface area contributed by atoms with Crippen LogP contribution in [0, 0.1) is 0 Å². The fourth-order valence-electron chi connectivity index (χ4n) is 3.89.